The Morgan fingerprint density at radius 3 is 2.78 bits per heavy atom. The van der Waals surface area contributed by atoms with E-state index in [9.17, 15) is 5.11 Å². The molecule has 0 spiro atoms. The summed E-state index contributed by atoms with van der Waals surface area (Å²) in [4.78, 5) is 4.45. The molecule has 92 valence electrons. The van der Waals surface area contributed by atoms with Gasteiger partial charge in [-0.1, -0.05) is 24.6 Å². The summed E-state index contributed by atoms with van der Waals surface area (Å²) in [6, 6.07) is 10.2. The highest BCUT2D eigenvalue weighted by molar-refractivity contribution is 5.78. The molecule has 2 fully saturated rings. The van der Waals surface area contributed by atoms with Gasteiger partial charge in [0.1, 0.15) is 0 Å². The molecule has 1 aromatic carbocycles. The first-order chi connectivity index (χ1) is 8.84. The first kappa shape index (κ1) is 10.5. The van der Waals surface area contributed by atoms with Crippen molar-refractivity contribution in [2.75, 3.05) is 0 Å². The van der Waals surface area contributed by atoms with Crippen LogP contribution in [0.2, 0.25) is 0 Å². The summed E-state index contributed by atoms with van der Waals surface area (Å²) in [7, 11) is 0. The maximum atomic E-state index is 10.5. The van der Waals surface area contributed by atoms with E-state index in [1.54, 1.807) is 0 Å². The monoisotopic (exact) mass is 239 g/mol. The second-order valence-corrected chi connectivity index (χ2v) is 5.74. The lowest BCUT2D eigenvalue weighted by molar-refractivity contribution is 0.137. The van der Waals surface area contributed by atoms with Crippen LogP contribution in [0.3, 0.4) is 0 Å². The largest absolute Gasteiger partial charge is 0.388 e. The van der Waals surface area contributed by atoms with Gasteiger partial charge in [-0.2, -0.15) is 0 Å². The van der Waals surface area contributed by atoms with E-state index in [1.165, 1.54) is 19.3 Å². The van der Waals surface area contributed by atoms with E-state index in [1.807, 2.05) is 24.4 Å². The smallest absolute Gasteiger partial charge is 0.0838 e. The molecule has 3 atom stereocenters. The summed E-state index contributed by atoms with van der Waals surface area (Å²) >= 11 is 0. The summed E-state index contributed by atoms with van der Waals surface area (Å²) in [6.45, 7) is 0. The number of rotatable bonds is 2. The van der Waals surface area contributed by atoms with Crippen molar-refractivity contribution >= 4 is 10.9 Å². The summed E-state index contributed by atoms with van der Waals surface area (Å²) in [5.41, 5.74) is 2.00. The SMILES string of the molecule is OC(c1cnc2ccccc2c1)C1C2CCCC21. The van der Waals surface area contributed by atoms with Gasteiger partial charge in [-0.25, -0.2) is 0 Å². The molecule has 3 unspecified atom stereocenters. The molecule has 0 bridgehead atoms. The van der Waals surface area contributed by atoms with Crippen molar-refractivity contribution in [1.82, 2.24) is 4.98 Å². The summed E-state index contributed by atoms with van der Waals surface area (Å²) in [6.07, 6.45) is 5.52. The van der Waals surface area contributed by atoms with Crippen LogP contribution in [0.15, 0.2) is 36.5 Å². The molecule has 4 rings (SSSR count). The molecule has 0 amide bonds. The molecule has 2 saturated carbocycles. The fourth-order valence-electron chi connectivity index (χ4n) is 3.82. The minimum Gasteiger partial charge on any atom is -0.388 e. The third-order valence-corrected chi connectivity index (χ3v) is 4.79. The van der Waals surface area contributed by atoms with Gasteiger partial charge >= 0.3 is 0 Å². The van der Waals surface area contributed by atoms with Crippen LogP contribution in [0.1, 0.15) is 30.9 Å². The Kier molecular flexibility index (Phi) is 2.21. The predicted molar refractivity (Wildman–Crippen MR) is 71.0 cm³/mol. The van der Waals surface area contributed by atoms with Gasteiger partial charge < -0.3 is 5.11 Å². The number of aromatic nitrogens is 1. The molecule has 0 radical (unpaired) electrons. The van der Waals surface area contributed by atoms with E-state index in [0.29, 0.717) is 5.92 Å². The number of hydrogen-bond donors (Lipinski definition) is 1. The van der Waals surface area contributed by atoms with Crippen molar-refractivity contribution in [3.8, 4) is 0 Å². The van der Waals surface area contributed by atoms with Crippen LogP contribution in [-0.2, 0) is 0 Å². The van der Waals surface area contributed by atoms with Crippen LogP contribution in [0.25, 0.3) is 10.9 Å². The normalized spacial score (nSPS) is 31.3. The molecule has 1 aromatic heterocycles. The van der Waals surface area contributed by atoms with Crippen LogP contribution in [0.4, 0.5) is 0 Å². The lowest BCUT2D eigenvalue weighted by atomic mass is 10.00. The third kappa shape index (κ3) is 1.49. The van der Waals surface area contributed by atoms with Crippen LogP contribution >= 0.6 is 0 Å². The summed E-state index contributed by atoms with van der Waals surface area (Å²) < 4.78 is 0. The number of fused-ring (bicyclic) bond motifs is 2. The fourth-order valence-corrected chi connectivity index (χ4v) is 3.82. The molecule has 18 heavy (non-hydrogen) atoms. The van der Waals surface area contributed by atoms with Gasteiger partial charge in [-0.3, -0.25) is 4.98 Å². The zero-order chi connectivity index (χ0) is 12.1. The lowest BCUT2D eigenvalue weighted by Gasteiger charge is -2.13. The number of hydrogen-bond acceptors (Lipinski definition) is 2. The average Bonchev–Trinajstić information content (AvgIpc) is 2.90. The molecule has 1 N–H and O–H groups in total. The predicted octanol–water partition coefficient (Wildman–Crippen LogP) is 3.31. The van der Waals surface area contributed by atoms with E-state index < -0.39 is 0 Å². The number of aliphatic hydroxyl groups excluding tert-OH is 1. The summed E-state index contributed by atoms with van der Waals surface area (Å²) in [5.74, 6) is 2.07. The number of benzene rings is 1. The van der Waals surface area contributed by atoms with E-state index in [-0.39, 0.29) is 6.10 Å². The van der Waals surface area contributed by atoms with Gasteiger partial charge in [0.2, 0.25) is 0 Å². The Hall–Kier alpha value is -1.41. The molecule has 0 saturated heterocycles. The van der Waals surface area contributed by atoms with E-state index in [2.05, 4.69) is 17.1 Å². The lowest BCUT2D eigenvalue weighted by Crippen LogP contribution is -2.04. The number of pyridine rings is 1. The molecule has 2 aromatic rings. The molecule has 2 nitrogen and oxygen atoms in total. The summed E-state index contributed by atoms with van der Waals surface area (Å²) in [5, 5.41) is 11.6. The van der Waals surface area contributed by atoms with Gasteiger partial charge in [0.05, 0.1) is 11.6 Å². The maximum Gasteiger partial charge on any atom is 0.0838 e. The van der Waals surface area contributed by atoms with Crippen LogP contribution in [-0.4, -0.2) is 10.1 Å². The zero-order valence-corrected chi connectivity index (χ0v) is 10.3. The highest BCUT2D eigenvalue weighted by Gasteiger charge is 2.55. The van der Waals surface area contributed by atoms with Crippen molar-refractivity contribution in [1.29, 1.82) is 0 Å². The Morgan fingerprint density at radius 1 is 1.17 bits per heavy atom. The molecular weight excluding hydrogens is 222 g/mol. The zero-order valence-electron chi connectivity index (χ0n) is 10.3. The second-order valence-electron chi connectivity index (χ2n) is 5.74. The van der Waals surface area contributed by atoms with Gasteiger partial charge in [0, 0.05) is 11.6 Å². The van der Waals surface area contributed by atoms with Gasteiger partial charge in [-0.15, -0.1) is 0 Å². The van der Waals surface area contributed by atoms with Crippen molar-refractivity contribution in [2.45, 2.75) is 25.4 Å². The first-order valence-corrected chi connectivity index (χ1v) is 6.87. The maximum absolute atomic E-state index is 10.5. The Bertz CT molecular complexity index is 584. The van der Waals surface area contributed by atoms with Gasteiger partial charge in [0.25, 0.3) is 0 Å². The van der Waals surface area contributed by atoms with Crippen LogP contribution in [0, 0.1) is 17.8 Å². The second kappa shape index (κ2) is 3.79. The number of para-hydroxylation sites is 1. The number of aliphatic hydroxyl groups is 1. The fraction of sp³-hybridized carbons (Fsp3) is 0.438. The molecule has 2 aliphatic carbocycles. The number of nitrogens with zero attached hydrogens (tertiary/aromatic N) is 1. The quantitative estimate of drug-likeness (QED) is 0.872. The van der Waals surface area contributed by atoms with Crippen molar-refractivity contribution in [3.05, 3.63) is 42.1 Å². The van der Waals surface area contributed by atoms with Crippen molar-refractivity contribution in [3.63, 3.8) is 0 Å². The van der Waals surface area contributed by atoms with E-state index in [4.69, 9.17) is 0 Å². The Labute approximate surface area is 107 Å². The molecule has 0 aliphatic heterocycles. The minimum absolute atomic E-state index is 0.308. The van der Waals surface area contributed by atoms with Gasteiger partial charge in [0.15, 0.2) is 0 Å². The molecular formula is C16H17NO. The molecule has 2 heteroatoms. The van der Waals surface area contributed by atoms with Gasteiger partial charge in [-0.05, 0) is 48.3 Å². The van der Waals surface area contributed by atoms with Crippen LogP contribution < -0.4 is 0 Å². The first-order valence-electron chi connectivity index (χ1n) is 6.87. The topological polar surface area (TPSA) is 33.1 Å². The average molecular weight is 239 g/mol. The van der Waals surface area contributed by atoms with Crippen molar-refractivity contribution in [2.24, 2.45) is 17.8 Å². The van der Waals surface area contributed by atoms with E-state index in [0.717, 1.165) is 28.3 Å². The molecule has 1 heterocycles. The third-order valence-electron chi connectivity index (χ3n) is 4.79. The highest BCUT2D eigenvalue weighted by atomic mass is 16.3. The van der Waals surface area contributed by atoms with Crippen molar-refractivity contribution < 1.29 is 5.11 Å². The van der Waals surface area contributed by atoms with E-state index >= 15 is 0 Å². The van der Waals surface area contributed by atoms with Crippen LogP contribution in [0.5, 0.6) is 0 Å². The molecule has 2 aliphatic rings. The Balaban J connectivity index is 1.66. The minimum atomic E-state index is -0.308. The Morgan fingerprint density at radius 2 is 1.94 bits per heavy atom. The standard InChI is InChI=1S/C16H17NO/c18-16(15-12-5-3-6-13(12)15)11-8-10-4-1-2-7-14(10)17-9-11/h1-2,4,7-9,12-13,15-16,18H,3,5-6H2. The highest BCUT2D eigenvalue weighted by Crippen LogP contribution is 2.62.